The van der Waals surface area contributed by atoms with E-state index in [2.05, 4.69) is 15.6 Å². The smallest absolute Gasteiger partial charge is 0.383 e. The van der Waals surface area contributed by atoms with Crippen LogP contribution < -0.4 is 16.4 Å². The van der Waals surface area contributed by atoms with E-state index >= 15 is 0 Å². The van der Waals surface area contributed by atoms with Gasteiger partial charge in [-0.25, -0.2) is 9.37 Å². The van der Waals surface area contributed by atoms with Gasteiger partial charge in [0.15, 0.2) is 0 Å². The number of carbonyl (C=O) groups is 1. The Morgan fingerprint density at radius 2 is 1.89 bits per heavy atom. The first-order chi connectivity index (χ1) is 13.2. The minimum absolute atomic E-state index is 0.0943. The third-order valence-electron chi connectivity index (χ3n) is 4.13. The standard InChI is InChI=1S/C19H22F4N4O/c1-3-8-26-17-13(18(24)28)9-15(14(10-25-2)19(21,22)23)27-16(17)11-4-6-12(20)7-5-11/h4-7,9,14,25-26H,3,8,10H2,1-2H3,(H2,24,28). The van der Waals surface area contributed by atoms with Crippen molar-refractivity contribution < 1.29 is 22.4 Å². The van der Waals surface area contributed by atoms with Crippen LogP contribution in [0.2, 0.25) is 0 Å². The van der Waals surface area contributed by atoms with Crippen LogP contribution in [0.1, 0.15) is 35.3 Å². The highest BCUT2D eigenvalue weighted by Crippen LogP contribution is 2.38. The Balaban J connectivity index is 2.75. The maximum Gasteiger partial charge on any atom is 0.398 e. The summed E-state index contributed by atoms with van der Waals surface area (Å²) in [7, 11) is 1.39. The number of hydrogen-bond acceptors (Lipinski definition) is 4. The second-order valence-corrected chi connectivity index (χ2v) is 6.27. The van der Waals surface area contributed by atoms with Gasteiger partial charge in [0, 0.05) is 18.7 Å². The monoisotopic (exact) mass is 398 g/mol. The third kappa shape index (κ3) is 4.98. The molecule has 1 aromatic heterocycles. The van der Waals surface area contributed by atoms with Crippen LogP contribution in [0.15, 0.2) is 30.3 Å². The fourth-order valence-electron chi connectivity index (χ4n) is 2.78. The van der Waals surface area contributed by atoms with Gasteiger partial charge in [0.25, 0.3) is 5.91 Å². The van der Waals surface area contributed by atoms with Gasteiger partial charge in [0.2, 0.25) is 0 Å². The first-order valence-electron chi connectivity index (χ1n) is 8.74. The normalized spacial score (nSPS) is 12.6. The molecule has 0 bridgehead atoms. The molecule has 5 nitrogen and oxygen atoms in total. The van der Waals surface area contributed by atoms with Crippen LogP contribution in [0, 0.1) is 5.82 Å². The van der Waals surface area contributed by atoms with Crippen LogP contribution >= 0.6 is 0 Å². The van der Waals surface area contributed by atoms with Crippen molar-refractivity contribution in [2.24, 2.45) is 5.73 Å². The second-order valence-electron chi connectivity index (χ2n) is 6.27. The topological polar surface area (TPSA) is 80.0 Å². The molecule has 4 N–H and O–H groups in total. The number of anilines is 1. The average molecular weight is 398 g/mol. The molecule has 1 amide bonds. The van der Waals surface area contributed by atoms with Gasteiger partial charge in [-0.1, -0.05) is 6.92 Å². The van der Waals surface area contributed by atoms with Gasteiger partial charge in [-0.05, 0) is 43.8 Å². The molecule has 0 aliphatic heterocycles. The summed E-state index contributed by atoms with van der Waals surface area (Å²) in [5.74, 6) is -3.31. The molecule has 0 saturated carbocycles. The van der Waals surface area contributed by atoms with E-state index in [1.807, 2.05) is 6.92 Å². The number of nitrogens with zero attached hydrogens (tertiary/aromatic N) is 1. The molecule has 152 valence electrons. The summed E-state index contributed by atoms with van der Waals surface area (Å²) in [4.78, 5) is 16.2. The number of aromatic nitrogens is 1. The van der Waals surface area contributed by atoms with Gasteiger partial charge in [-0.3, -0.25) is 4.79 Å². The lowest BCUT2D eigenvalue weighted by Crippen LogP contribution is -2.31. The van der Waals surface area contributed by atoms with Gasteiger partial charge in [0.1, 0.15) is 11.7 Å². The van der Waals surface area contributed by atoms with Crippen LogP contribution in [0.3, 0.4) is 0 Å². The number of likely N-dealkylation sites (N-methyl/N-ethyl adjacent to an activating group) is 1. The Labute approximate surface area is 160 Å². The zero-order chi connectivity index (χ0) is 20.9. The molecule has 0 aliphatic carbocycles. The molecule has 1 unspecified atom stereocenters. The molecule has 28 heavy (non-hydrogen) atoms. The highest BCUT2D eigenvalue weighted by atomic mass is 19.4. The number of pyridine rings is 1. The van der Waals surface area contributed by atoms with Crippen molar-refractivity contribution in [2.75, 3.05) is 25.5 Å². The van der Waals surface area contributed by atoms with Crippen LogP contribution in [-0.2, 0) is 0 Å². The maximum atomic E-state index is 13.6. The summed E-state index contributed by atoms with van der Waals surface area (Å²) < 4.78 is 54.0. The lowest BCUT2D eigenvalue weighted by molar-refractivity contribution is -0.150. The largest absolute Gasteiger partial charge is 0.398 e. The average Bonchev–Trinajstić information content (AvgIpc) is 2.63. The molecule has 0 aliphatic rings. The SMILES string of the molecule is CCCNc1c(C(N)=O)cc(C(CNC)C(F)(F)F)nc1-c1ccc(F)cc1. The first-order valence-corrected chi connectivity index (χ1v) is 8.74. The number of alkyl halides is 3. The lowest BCUT2D eigenvalue weighted by Gasteiger charge is -2.23. The van der Waals surface area contributed by atoms with Crippen molar-refractivity contribution in [3.8, 4) is 11.3 Å². The van der Waals surface area contributed by atoms with Crippen molar-refractivity contribution >= 4 is 11.6 Å². The number of hydrogen-bond donors (Lipinski definition) is 3. The molecule has 0 fully saturated rings. The van der Waals surface area contributed by atoms with Gasteiger partial charge in [0.05, 0.1) is 22.6 Å². The molecule has 0 spiro atoms. The summed E-state index contributed by atoms with van der Waals surface area (Å²) in [5.41, 5.74) is 5.73. The first kappa shape index (κ1) is 21.6. The van der Waals surface area contributed by atoms with Crippen molar-refractivity contribution in [1.29, 1.82) is 0 Å². The van der Waals surface area contributed by atoms with E-state index < -0.39 is 30.4 Å². The molecule has 0 saturated heterocycles. The molecule has 1 atom stereocenters. The highest BCUT2D eigenvalue weighted by Gasteiger charge is 2.42. The number of amides is 1. The third-order valence-corrected chi connectivity index (χ3v) is 4.13. The van der Waals surface area contributed by atoms with Crippen LogP contribution in [0.4, 0.5) is 23.2 Å². The van der Waals surface area contributed by atoms with E-state index in [0.717, 1.165) is 6.07 Å². The Bertz CT molecular complexity index is 822. The number of nitrogens with one attached hydrogen (secondary N) is 2. The fraction of sp³-hybridized carbons (Fsp3) is 0.368. The summed E-state index contributed by atoms with van der Waals surface area (Å²) in [6.07, 6.45) is -3.88. The Kier molecular flexibility index (Phi) is 6.95. The van der Waals surface area contributed by atoms with Crippen LogP contribution in [0.25, 0.3) is 11.3 Å². The zero-order valence-corrected chi connectivity index (χ0v) is 15.5. The number of nitrogens with two attached hydrogens (primary N) is 1. The van der Waals surface area contributed by atoms with E-state index in [1.54, 1.807) is 0 Å². The minimum atomic E-state index is -4.58. The van der Waals surface area contributed by atoms with E-state index in [-0.39, 0.29) is 22.6 Å². The summed E-state index contributed by atoms with van der Waals surface area (Å²) in [6, 6.07) is 6.20. The molecule has 1 heterocycles. The summed E-state index contributed by atoms with van der Waals surface area (Å²) >= 11 is 0. The van der Waals surface area contributed by atoms with Gasteiger partial charge in [-0.2, -0.15) is 13.2 Å². The molecule has 9 heteroatoms. The van der Waals surface area contributed by atoms with Gasteiger partial charge in [-0.15, -0.1) is 0 Å². The van der Waals surface area contributed by atoms with Crippen LogP contribution in [0.5, 0.6) is 0 Å². The predicted octanol–water partition coefficient (Wildman–Crippen LogP) is 3.67. The number of primary amides is 1. The van der Waals surface area contributed by atoms with Gasteiger partial charge < -0.3 is 16.4 Å². The predicted molar refractivity (Wildman–Crippen MR) is 99.7 cm³/mol. The maximum absolute atomic E-state index is 13.6. The van der Waals surface area contributed by atoms with E-state index in [9.17, 15) is 22.4 Å². The second kappa shape index (κ2) is 9.01. The fourth-order valence-corrected chi connectivity index (χ4v) is 2.78. The van der Waals surface area contributed by atoms with Crippen molar-refractivity contribution in [2.45, 2.75) is 25.4 Å². The van der Waals surface area contributed by atoms with E-state index in [1.165, 1.54) is 31.3 Å². The molecular weight excluding hydrogens is 376 g/mol. The minimum Gasteiger partial charge on any atom is -0.383 e. The van der Waals surface area contributed by atoms with Crippen molar-refractivity contribution in [3.05, 3.63) is 47.4 Å². The number of benzene rings is 1. The molecule has 0 radical (unpaired) electrons. The molecule has 2 rings (SSSR count). The van der Waals surface area contributed by atoms with Crippen molar-refractivity contribution in [1.82, 2.24) is 10.3 Å². The van der Waals surface area contributed by atoms with E-state index in [0.29, 0.717) is 18.5 Å². The highest BCUT2D eigenvalue weighted by molar-refractivity contribution is 6.01. The Morgan fingerprint density at radius 1 is 1.25 bits per heavy atom. The Morgan fingerprint density at radius 3 is 2.39 bits per heavy atom. The Hall–Kier alpha value is -2.68. The molecule has 2 aromatic rings. The zero-order valence-electron chi connectivity index (χ0n) is 15.5. The summed E-state index contributed by atoms with van der Waals surface area (Å²) in [5, 5.41) is 5.50. The van der Waals surface area contributed by atoms with E-state index in [4.69, 9.17) is 5.73 Å². The quantitative estimate of drug-likeness (QED) is 0.593. The number of carbonyl (C=O) groups excluding carboxylic acids is 1. The molecule has 1 aromatic carbocycles. The molecular formula is C19H22F4N4O. The number of rotatable bonds is 8. The van der Waals surface area contributed by atoms with Gasteiger partial charge >= 0.3 is 6.18 Å². The summed E-state index contributed by atoms with van der Waals surface area (Å²) in [6.45, 7) is 1.93. The lowest BCUT2D eigenvalue weighted by atomic mass is 9.98. The van der Waals surface area contributed by atoms with Crippen molar-refractivity contribution in [3.63, 3.8) is 0 Å². The van der Waals surface area contributed by atoms with Crippen LogP contribution in [-0.4, -0.2) is 37.2 Å². The number of halogens is 4.